The third kappa shape index (κ3) is 5.74. The average Bonchev–Trinajstić information content (AvgIpc) is 3.44. The topological polar surface area (TPSA) is 97.5 Å². The summed E-state index contributed by atoms with van der Waals surface area (Å²) in [6.45, 7) is 0.221. The van der Waals surface area contributed by atoms with Crippen LogP contribution in [0.5, 0.6) is 0 Å². The number of carbonyl (C=O) groups is 2. The van der Waals surface area contributed by atoms with E-state index in [-0.39, 0.29) is 13.0 Å². The van der Waals surface area contributed by atoms with Gasteiger partial charge in [0.25, 0.3) is 0 Å². The first kappa shape index (κ1) is 28.6. The van der Waals surface area contributed by atoms with Gasteiger partial charge in [-0.25, -0.2) is 14.2 Å². The molecule has 8 heteroatoms. The molecule has 0 spiro atoms. The fourth-order valence-electron chi connectivity index (χ4n) is 5.69. The summed E-state index contributed by atoms with van der Waals surface area (Å²) in [6.07, 6.45) is 1.01. The van der Waals surface area contributed by atoms with E-state index in [4.69, 9.17) is 15.5 Å². The number of nitrogens with zero attached hydrogens (tertiary/aromatic N) is 2. The summed E-state index contributed by atoms with van der Waals surface area (Å²) >= 11 is 0. The van der Waals surface area contributed by atoms with Gasteiger partial charge in [-0.1, -0.05) is 91.0 Å². The molecule has 5 aromatic rings. The predicted molar refractivity (Wildman–Crippen MR) is 169 cm³/mol. The van der Waals surface area contributed by atoms with Crippen LogP contribution in [0.4, 0.5) is 20.7 Å². The lowest BCUT2D eigenvalue weighted by Crippen LogP contribution is -2.38. The summed E-state index contributed by atoms with van der Waals surface area (Å²) in [7, 11) is 0. The van der Waals surface area contributed by atoms with E-state index in [2.05, 4.69) is 41.7 Å². The first-order chi connectivity index (χ1) is 21.4. The normalized spacial score (nSPS) is 14.7. The first-order valence-electron chi connectivity index (χ1n) is 14.4. The molecule has 0 saturated carbocycles. The zero-order chi connectivity index (χ0) is 30.5. The molecule has 3 N–H and O–H groups in total. The molecule has 0 bridgehead atoms. The quantitative estimate of drug-likeness (QED) is 0.174. The molecule has 0 aliphatic carbocycles. The molecule has 1 saturated heterocycles. The summed E-state index contributed by atoms with van der Waals surface area (Å²) in [5.74, 6) is -0.342. The molecule has 2 amide bonds. The lowest BCUT2D eigenvalue weighted by atomic mass is 9.77. The fraction of sp³-hybridized carbons (Fsp3) is 0.139. The number of amides is 2. The summed E-state index contributed by atoms with van der Waals surface area (Å²) in [5, 5.41) is 3.72. The Labute approximate surface area is 255 Å². The number of ether oxygens (including phenoxy) is 1. The third-order valence-electron chi connectivity index (χ3n) is 7.86. The molecule has 1 aliphatic heterocycles. The molecule has 7 nitrogen and oxygen atoms in total. The number of anilines is 2. The van der Waals surface area contributed by atoms with Gasteiger partial charge >= 0.3 is 6.09 Å². The van der Waals surface area contributed by atoms with Crippen molar-refractivity contribution >= 4 is 23.5 Å². The summed E-state index contributed by atoms with van der Waals surface area (Å²) in [6, 6.07) is 38.9. The largest absolute Gasteiger partial charge is 0.444 e. The fourth-order valence-corrected chi connectivity index (χ4v) is 5.69. The molecule has 6 rings (SSSR count). The minimum absolute atomic E-state index is 0.111. The first-order valence-corrected chi connectivity index (χ1v) is 14.4. The van der Waals surface area contributed by atoms with Crippen molar-refractivity contribution in [3.63, 3.8) is 0 Å². The van der Waals surface area contributed by atoms with Crippen LogP contribution in [0.15, 0.2) is 128 Å². The Balaban J connectivity index is 1.29. The molecule has 0 radical (unpaired) electrons. The molecule has 1 aliphatic rings. The summed E-state index contributed by atoms with van der Waals surface area (Å²) < 4.78 is 20.7. The van der Waals surface area contributed by atoms with Crippen molar-refractivity contribution in [3.05, 3.63) is 150 Å². The van der Waals surface area contributed by atoms with Gasteiger partial charge in [-0.05, 0) is 53.4 Å². The van der Waals surface area contributed by atoms with E-state index in [1.807, 2.05) is 66.7 Å². The number of hydrogen-bond donors (Lipinski definition) is 2. The second-order valence-electron chi connectivity index (χ2n) is 10.7. The molecule has 220 valence electrons. The molecular formula is C36H31FN4O3. The molecular weight excluding hydrogens is 555 g/mol. The van der Waals surface area contributed by atoms with Crippen molar-refractivity contribution < 1.29 is 18.7 Å². The second-order valence-corrected chi connectivity index (χ2v) is 10.7. The smallest absolute Gasteiger partial charge is 0.414 e. The number of nitrogens with one attached hydrogen (secondary N) is 1. The highest BCUT2D eigenvalue weighted by Gasteiger charge is 2.37. The number of carbonyl (C=O) groups excluding carboxylic acids is 2. The Hall–Kier alpha value is -5.50. The van der Waals surface area contributed by atoms with Gasteiger partial charge in [0.05, 0.1) is 12.2 Å². The molecule has 1 unspecified atom stereocenters. The number of hydrogen-bond acceptors (Lipinski definition) is 5. The molecule has 1 aromatic heterocycles. The highest BCUT2D eigenvalue weighted by atomic mass is 19.1. The number of pyridine rings is 1. The van der Waals surface area contributed by atoms with Crippen molar-refractivity contribution in [3.8, 4) is 11.1 Å². The van der Waals surface area contributed by atoms with Crippen LogP contribution in [0.2, 0.25) is 0 Å². The van der Waals surface area contributed by atoms with Gasteiger partial charge in [0.15, 0.2) is 0 Å². The maximum atomic E-state index is 15.4. The zero-order valence-electron chi connectivity index (χ0n) is 23.9. The maximum Gasteiger partial charge on any atom is 0.414 e. The van der Waals surface area contributed by atoms with Crippen LogP contribution in [0.1, 0.15) is 29.5 Å². The lowest BCUT2D eigenvalue weighted by Gasteiger charge is -2.37. The monoisotopic (exact) mass is 586 g/mol. The van der Waals surface area contributed by atoms with E-state index in [0.717, 1.165) is 16.7 Å². The highest BCUT2D eigenvalue weighted by Crippen LogP contribution is 2.40. The van der Waals surface area contributed by atoms with Crippen molar-refractivity contribution in [2.24, 2.45) is 5.73 Å². The minimum atomic E-state index is -0.745. The second kappa shape index (κ2) is 12.4. The number of aromatic nitrogens is 1. The Morgan fingerprint density at radius 2 is 1.48 bits per heavy atom. The Bertz CT molecular complexity index is 1650. The summed E-state index contributed by atoms with van der Waals surface area (Å²) in [5.41, 5.74) is 8.92. The van der Waals surface area contributed by atoms with Gasteiger partial charge in [-0.15, -0.1) is 0 Å². The van der Waals surface area contributed by atoms with Crippen LogP contribution in [-0.2, 0) is 15.1 Å². The van der Waals surface area contributed by atoms with Gasteiger partial charge < -0.3 is 15.8 Å². The Kier molecular flexibility index (Phi) is 8.06. The number of rotatable bonds is 10. The number of benzene rings is 4. The van der Waals surface area contributed by atoms with Crippen LogP contribution >= 0.6 is 0 Å². The predicted octanol–water partition coefficient (Wildman–Crippen LogP) is 6.88. The molecule has 1 fully saturated rings. The number of cyclic esters (lactones) is 1. The molecule has 2 heterocycles. The van der Waals surface area contributed by atoms with Gasteiger partial charge in [-0.3, -0.25) is 9.69 Å². The molecule has 4 aromatic carbocycles. The third-order valence-corrected chi connectivity index (χ3v) is 7.86. The van der Waals surface area contributed by atoms with E-state index in [0.29, 0.717) is 29.1 Å². The van der Waals surface area contributed by atoms with Crippen molar-refractivity contribution in [2.75, 3.05) is 16.8 Å². The molecule has 44 heavy (non-hydrogen) atoms. The van der Waals surface area contributed by atoms with Crippen LogP contribution in [-0.4, -0.2) is 29.6 Å². The minimum Gasteiger partial charge on any atom is -0.444 e. The van der Waals surface area contributed by atoms with Gasteiger partial charge in [-0.2, -0.15) is 0 Å². The van der Waals surface area contributed by atoms with Crippen molar-refractivity contribution in [1.29, 1.82) is 0 Å². The number of primary amides is 1. The SMILES string of the molecule is NC(=O)CCC1CN(c2ccc(-c3ccc(NC(c4ccccc4)(c4ccccc4)c4ccccc4)nc3)c(F)c2)C(=O)O1. The molecule has 1 atom stereocenters. The van der Waals surface area contributed by atoms with E-state index in [9.17, 15) is 9.59 Å². The van der Waals surface area contributed by atoms with Crippen LogP contribution in [0.3, 0.4) is 0 Å². The highest BCUT2D eigenvalue weighted by molar-refractivity contribution is 5.90. The van der Waals surface area contributed by atoms with Crippen LogP contribution in [0.25, 0.3) is 11.1 Å². The number of halogens is 1. The lowest BCUT2D eigenvalue weighted by molar-refractivity contribution is -0.118. The number of nitrogens with two attached hydrogens (primary N) is 1. The van der Waals surface area contributed by atoms with E-state index >= 15 is 4.39 Å². The van der Waals surface area contributed by atoms with Gasteiger partial charge in [0, 0.05) is 23.7 Å². The Morgan fingerprint density at radius 1 is 0.886 bits per heavy atom. The van der Waals surface area contributed by atoms with E-state index in [1.54, 1.807) is 18.3 Å². The van der Waals surface area contributed by atoms with Crippen molar-refractivity contribution in [1.82, 2.24) is 4.98 Å². The van der Waals surface area contributed by atoms with E-state index in [1.165, 1.54) is 11.0 Å². The zero-order valence-corrected chi connectivity index (χ0v) is 23.9. The maximum absolute atomic E-state index is 15.4. The van der Waals surface area contributed by atoms with Crippen molar-refractivity contribution in [2.45, 2.75) is 24.5 Å². The average molecular weight is 587 g/mol. The van der Waals surface area contributed by atoms with Gasteiger partial charge in [0.2, 0.25) is 5.91 Å². The standard InChI is InChI=1S/C36H31FN4O3/c37-32-22-29(41-24-30(44-35(41)43)18-20-33(38)42)17-19-31(32)25-16-21-34(39-23-25)40-36(26-10-4-1-5-11-26,27-12-6-2-7-13-27)28-14-8-3-9-15-28/h1-17,19,21-23,30H,18,20,24H2,(H2,38,42)(H,39,40). The van der Waals surface area contributed by atoms with Gasteiger partial charge in [0.1, 0.15) is 23.3 Å². The van der Waals surface area contributed by atoms with Crippen LogP contribution in [0, 0.1) is 5.82 Å². The Morgan fingerprint density at radius 3 is 1.98 bits per heavy atom. The van der Waals surface area contributed by atoms with Crippen LogP contribution < -0.4 is 16.0 Å². The summed E-state index contributed by atoms with van der Waals surface area (Å²) in [4.78, 5) is 29.6. The van der Waals surface area contributed by atoms with E-state index < -0.39 is 29.5 Å².